The van der Waals surface area contributed by atoms with Crippen molar-refractivity contribution in [1.29, 1.82) is 0 Å². The van der Waals surface area contributed by atoms with Crippen LogP contribution in [-0.2, 0) is 16.7 Å². The number of H-pyrrole nitrogens is 1. The van der Waals surface area contributed by atoms with Crippen LogP contribution in [0.1, 0.15) is 40.1 Å². The van der Waals surface area contributed by atoms with Crippen LogP contribution in [0.25, 0.3) is 0 Å². The molecule has 0 radical (unpaired) electrons. The number of thiazole rings is 1. The zero-order valence-electron chi connectivity index (χ0n) is 18.5. The van der Waals surface area contributed by atoms with E-state index in [1.165, 1.54) is 12.1 Å². The highest BCUT2D eigenvalue weighted by atomic mass is 32.2. The molecule has 0 aliphatic carbocycles. The van der Waals surface area contributed by atoms with Crippen molar-refractivity contribution in [2.24, 2.45) is 0 Å². The van der Waals surface area contributed by atoms with Gasteiger partial charge in [0.05, 0.1) is 29.5 Å². The lowest BCUT2D eigenvalue weighted by Crippen LogP contribution is -2.53. The number of thioether (sulfide) groups is 1. The average Bonchev–Trinajstić information content (AvgIpc) is 3.55. The Hall–Kier alpha value is -1.92. The molecule has 34 heavy (non-hydrogen) atoms. The van der Waals surface area contributed by atoms with Gasteiger partial charge >= 0.3 is 6.18 Å². The van der Waals surface area contributed by atoms with Gasteiger partial charge in [-0.1, -0.05) is 23.9 Å². The molecular formula is C23H26F3N5OS2. The molecule has 2 aromatic heterocycles. The van der Waals surface area contributed by atoms with Gasteiger partial charge in [0.15, 0.2) is 5.16 Å². The summed E-state index contributed by atoms with van der Waals surface area (Å²) >= 11 is 3.29. The minimum atomic E-state index is -4.32. The average molecular weight is 510 g/mol. The molecule has 2 unspecified atom stereocenters. The maximum absolute atomic E-state index is 13.1. The van der Waals surface area contributed by atoms with Crippen LogP contribution in [0.4, 0.5) is 13.2 Å². The van der Waals surface area contributed by atoms with E-state index >= 15 is 0 Å². The molecule has 1 N–H and O–H groups in total. The van der Waals surface area contributed by atoms with Crippen molar-refractivity contribution < 1.29 is 17.9 Å². The van der Waals surface area contributed by atoms with Gasteiger partial charge in [-0.25, -0.2) is 20.0 Å². The van der Waals surface area contributed by atoms with Gasteiger partial charge in [-0.15, -0.1) is 11.3 Å². The number of aromatic amines is 1. The number of hydrogen-bond donors (Lipinski definition) is 1. The lowest BCUT2D eigenvalue weighted by molar-refractivity contribution is -0.137. The number of hydrazine groups is 1. The van der Waals surface area contributed by atoms with Crippen LogP contribution in [0.15, 0.2) is 47.2 Å². The molecule has 0 saturated carbocycles. The van der Waals surface area contributed by atoms with Crippen LogP contribution in [0, 0.1) is 0 Å². The molecule has 11 heteroatoms. The Labute approximate surface area is 204 Å². The Kier molecular flexibility index (Phi) is 7.26. The van der Waals surface area contributed by atoms with Gasteiger partial charge in [0, 0.05) is 55.6 Å². The van der Waals surface area contributed by atoms with Crippen LogP contribution in [0.3, 0.4) is 0 Å². The molecule has 2 aliphatic heterocycles. The summed E-state index contributed by atoms with van der Waals surface area (Å²) < 4.78 is 44.7. The van der Waals surface area contributed by atoms with E-state index in [1.54, 1.807) is 47.6 Å². The number of nitrogens with one attached hydrogen (secondary N) is 1. The predicted molar refractivity (Wildman–Crippen MR) is 126 cm³/mol. The first-order valence-electron chi connectivity index (χ1n) is 11.3. The number of nitrogens with zero attached hydrogens (tertiary/aromatic N) is 4. The van der Waals surface area contributed by atoms with Crippen molar-refractivity contribution in [2.45, 2.75) is 35.3 Å². The summed E-state index contributed by atoms with van der Waals surface area (Å²) in [5.74, 6) is 1.09. The minimum Gasteiger partial charge on any atom is -0.379 e. The fourth-order valence-electron chi connectivity index (χ4n) is 4.56. The van der Waals surface area contributed by atoms with Crippen molar-refractivity contribution in [3.05, 3.63) is 63.9 Å². The lowest BCUT2D eigenvalue weighted by atomic mass is 9.85. The third-order valence-electron chi connectivity index (χ3n) is 6.28. The summed E-state index contributed by atoms with van der Waals surface area (Å²) in [4.78, 5) is 12.3. The molecule has 2 atom stereocenters. The second-order valence-electron chi connectivity index (χ2n) is 8.55. The third-order valence-corrected chi connectivity index (χ3v) is 8.27. The van der Waals surface area contributed by atoms with Crippen molar-refractivity contribution in [3.8, 4) is 0 Å². The van der Waals surface area contributed by atoms with Crippen LogP contribution in [0.5, 0.6) is 0 Å². The van der Waals surface area contributed by atoms with Crippen LogP contribution < -0.4 is 0 Å². The van der Waals surface area contributed by atoms with Crippen molar-refractivity contribution in [2.75, 3.05) is 39.4 Å². The highest BCUT2D eigenvalue weighted by Crippen LogP contribution is 2.39. The molecule has 0 spiro atoms. The smallest absolute Gasteiger partial charge is 0.379 e. The summed E-state index contributed by atoms with van der Waals surface area (Å²) in [5.41, 5.74) is 1.37. The number of ether oxygens (including phenoxy) is 1. The highest BCUT2D eigenvalue weighted by Gasteiger charge is 2.35. The van der Waals surface area contributed by atoms with E-state index in [9.17, 15) is 13.2 Å². The Morgan fingerprint density at radius 2 is 1.85 bits per heavy atom. The van der Waals surface area contributed by atoms with Crippen LogP contribution in [0.2, 0.25) is 0 Å². The van der Waals surface area contributed by atoms with E-state index in [1.807, 2.05) is 0 Å². The Balaban J connectivity index is 1.33. The van der Waals surface area contributed by atoms with Crippen LogP contribution in [-0.4, -0.2) is 64.4 Å². The first-order chi connectivity index (χ1) is 16.5. The quantitative estimate of drug-likeness (QED) is 0.472. The molecule has 1 aromatic carbocycles. The molecule has 5 rings (SSSR count). The predicted octanol–water partition coefficient (Wildman–Crippen LogP) is 5.00. The third kappa shape index (κ3) is 5.65. The van der Waals surface area contributed by atoms with E-state index in [2.05, 4.69) is 25.4 Å². The molecule has 2 aliphatic rings. The number of halogens is 3. The second-order valence-corrected chi connectivity index (χ2v) is 10.4. The summed E-state index contributed by atoms with van der Waals surface area (Å²) in [7, 11) is 0. The molecule has 0 bridgehead atoms. The fraction of sp³-hybridized carbons (Fsp3) is 0.478. The van der Waals surface area contributed by atoms with Crippen molar-refractivity contribution in [3.63, 3.8) is 0 Å². The molecule has 6 nitrogen and oxygen atoms in total. The molecule has 182 valence electrons. The van der Waals surface area contributed by atoms with Gasteiger partial charge in [0.2, 0.25) is 0 Å². The zero-order chi connectivity index (χ0) is 23.5. The van der Waals surface area contributed by atoms with E-state index in [4.69, 9.17) is 9.72 Å². The first-order valence-corrected chi connectivity index (χ1v) is 13.1. The van der Waals surface area contributed by atoms with Gasteiger partial charge in [-0.05, 0) is 30.0 Å². The number of morpholine rings is 1. The molecule has 0 amide bonds. The monoisotopic (exact) mass is 509 g/mol. The fourth-order valence-corrected chi connectivity index (χ4v) is 6.31. The van der Waals surface area contributed by atoms with E-state index in [0.29, 0.717) is 13.2 Å². The number of imidazole rings is 1. The minimum absolute atomic E-state index is 0.133. The number of alkyl halides is 3. The SMILES string of the molecule is FC(F)(F)c1ccc(C2CC(c3nc(CSc4ncc[nH]4)cs3)CN(N3CCOCC3)C2)cc1. The number of rotatable bonds is 6. The maximum Gasteiger partial charge on any atom is 0.416 e. The van der Waals surface area contributed by atoms with Gasteiger partial charge in [-0.3, -0.25) is 0 Å². The van der Waals surface area contributed by atoms with Crippen LogP contribution >= 0.6 is 23.1 Å². The normalized spacial score (nSPS) is 22.8. The van der Waals surface area contributed by atoms with Crippen molar-refractivity contribution >= 4 is 23.1 Å². The van der Waals surface area contributed by atoms with E-state index in [-0.39, 0.29) is 11.8 Å². The van der Waals surface area contributed by atoms with Gasteiger partial charge in [0.25, 0.3) is 0 Å². The maximum atomic E-state index is 13.1. The summed E-state index contributed by atoms with van der Waals surface area (Å²) in [6, 6.07) is 5.68. The number of benzene rings is 1. The summed E-state index contributed by atoms with van der Waals surface area (Å²) in [5, 5.41) is 8.75. The van der Waals surface area contributed by atoms with E-state index < -0.39 is 11.7 Å². The van der Waals surface area contributed by atoms with Gasteiger partial charge in [-0.2, -0.15) is 13.2 Å². The molecule has 2 saturated heterocycles. The summed E-state index contributed by atoms with van der Waals surface area (Å²) in [6.45, 7) is 4.68. The van der Waals surface area contributed by atoms with Crippen molar-refractivity contribution in [1.82, 2.24) is 25.0 Å². The second kappa shape index (κ2) is 10.4. The number of aromatic nitrogens is 3. The first kappa shape index (κ1) is 23.8. The molecule has 4 heterocycles. The molecule has 3 aromatic rings. The van der Waals surface area contributed by atoms with Gasteiger partial charge in [0.1, 0.15) is 0 Å². The topological polar surface area (TPSA) is 57.3 Å². The Morgan fingerprint density at radius 1 is 1.09 bits per heavy atom. The number of hydrogen-bond acceptors (Lipinski definition) is 7. The Morgan fingerprint density at radius 3 is 2.56 bits per heavy atom. The van der Waals surface area contributed by atoms with E-state index in [0.717, 1.165) is 59.8 Å². The highest BCUT2D eigenvalue weighted by molar-refractivity contribution is 7.98. The Bertz CT molecular complexity index is 1050. The molecular weight excluding hydrogens is 483 g/mol. The standard InChI is InChI=1S/C23H26F3N5OS2/c24-23(25,26)19-3-1-16(2-4-19)17-11-18(13-31(12-17)30-7-9-32-10-8-30)21-29-20(14-33-21)15-34-22-27-5-6-28-22/h1-6,14,17-18H,7-13,15H2,(H,27,28). The summed E-state index contributed by atoms with van der Waals surface area (Å²) in [6.07, 6.45) is 0.0831. The lowest BCUT2D eigenvalue weighted by Gasteiger charge is -2.44. The largest absolute Gasteiger partial charge is 0.416 e. The zero-order valence-corrected chi connectivity index (χ0v) is 20.1. The van der Waals surface area contributed by atoms with Gasteiger partial charge < -0.3 is 9.72 Å². The number of piperidine rings is 1. The molecule has 2 fully saturated rings.